The Morgan fingerprint density at radius 3 is 2.63 bits per heavy atom. The Morgan fingerprint density at radius 1 is 0.963 bits per heavy atom. The van der Waals surface area contributed by atoms with Crippen molar-refractivity contribution in [3.05, 3.63) is 71.6 Å². The number of thioether (sulfide) groups is 1. The Balaban J connectivity index is 1.71. The van der Waals surface area contributed by atoms with Crippen molar-refractivity contribution in [2.24, 2.45) is 0 Å². The van der Waals surface area contributed by atoms with Gasteiger partial charge in [0.1, 0.15) is 0 Å². The molecule has 2 aromatic heterocycles. The second-order valence-corrected chi connectivity index (χ2v) is 7.88. The van der Waals surface area contributed by atoms with Gasteiger partial charge in [-0.15, -0.1) is 23.1 Å². The highest BCUT2D eigenvalue weighted by Gasteiger charge is 2.14. The van der Waals surface area contributed by atoms with Crippen molar-refractivity contribution in [3.8, 4) is 11.3 Å². The van der Waals surface area contributed by atoms with Crippen LogP contribution in [0.1, 0.15) is 5.56 Å². The van der Waals surface area contributed by atoms with Gasteiger partial charge in [-0.1, -0.05) is 48.5 Å². The molecule has 0 aliphatic carbocycles. The third-order valence-corrected chi connectivity index (χ3v) is 6.13. The van der Waals surface area contributed by atoms with Crippen LogP contribution in [0.2, 0.25) is 0 Å². The standard InChI is InChI=1S/C21H19N3OS2/c25-12-11-22-21-23-17-10-13-26-20(17)19(24-21)16-8-4-5-9-18(16)27-14-15-6-2-1-3-7-15/h1-10,13,25H,11-12,14H2,(H,22,23,24). The van der Waals surface area contributed by atoms with Gasteiger partial charge >= 0.3 is 0 Å². The molecule has 0 fully saturated rings. The molecule has 2 heterocycles. The van der Waals surface area contributed by atoms with Crippen LogP contribution in [0, 0.1) is 0 Å². The molecule has 2 aromatic carbocycles. The van der Waals surface area contributed by atoms with Crippen LogP contribution in [-0.4, -0.2) is 28.2 Å². The largest absolute Gasteiger partial charge is 0.395 e. The van der Waals surface area contributed by atoms with Crippen LogP contribution in [0.15, 0.2) is 70.9 Å². The molecule has 4 nitrogen and oxygen atoms in total. The van der Waals surface area contributed by atoms with Crippen LogP contribution in [0.4, 0.5) is 5.95 Å². The zero-order valence-electron chi connectivity index (χ0n) is 14.6. The SMILES string of the molecule is OCCNc1nc(-c2ccccc2SCc2ccccc2)c2sccc2n1. The van der Waals surface area contributed by atoms with Gasteiger partial charge in [-0.25, -0.2) is 9.97 Å². The fourth-order valence-corrected chi connectivity index (χ4v) is 4.66. The molecule has 0 aliphatic heterocycles. The van der Waals surface area contributed by atoms with Crippen molar-refractivity contribution >= 4 is 39.3 Å². The molecule has 27 heavy (non-hydrogen) atoms. The van der Waals surface area contributed by atoms with Crippen LogP contribution in [0.5, 0.6) is 0 Å². The van der Waals surface area contributed by atoms with Crippen molar-refractivity contribution in [1.29, 1.82) is 0 Å². The van der Waals surface area contributed by atoms with Gasteiger partial charge in [-0.05, 0) is 23.1 Å². The van der Waals surface area contributed by atoms with E-state index in [9.17, 15) is 0 Å². The molecule has 4 rings (SSSR count). The molecule has 136 valence electrons. The zero-order valence-corrected chi connectivity index (χ0v) is 16.3. The summed E-state index contributed by atoms with van der Waals surface area (Å²) in [5.41, 5.74) is 4.27. The van der Waals surface area contributed by atoms with E-state index >= 15 is 0 Å². The molecule has 0 aliphatic rings. The molecule has 0 atom stereocenters. The summed E-state index contributed by atoms with van der Waals surface area (Å²) in [6.45, 7) is 0.476. The number of fused-ring (bicyclic) bond motifs is 1. The first-order valence-corrected chi connectivity index (χ1v) is 10.6. The molecule has 4 aromatic rings. The number of benzene rings is 2. The maximum atomic E-state index is 9.09. The Hall–Kier alpha value is -2.41. The Labute approximate surface area is 166 Å². The fourth-order valence-electron chi connectivity index (χ4n) is 2.82. The lowest BCUT2D eigenvalue weighted by atomic mass is 10.1. The first-order chi connectivity index (χ1) is 13.3. The van der Waals surface area contributed by atoms with Gasteiger partial charge in [0.25, 0.3) is 0 Å². The summed E-state index contributed by atoms with van der Waals surface area (Å²) in [5, 5.41) is 14.2. The van der Waals surface area contributed by atoms with Crippen molar-refractivity contribution < 1.29 is 5.11 Å². The van der Waals surface area contributed by atoms with Crippen LogP contribution in [-0.2, 0) is 5.75 Å². The predicted octanol–water partition coefficient (Wildman–Crippen LogP) is 5.05. The number of thiophene rings is 1. The number of nitrogens with one attached hydrogen (secondary N) is 1. The third kappa shape index (κ3) is 4.13. The lowest BCUT2D eigenvalue weighted by Crippen LogP contribution is -2.09. The smallest absolute Gasteiger partial charge is 0.223 e. The first-order valence-electron chi connectivity index (χ1n) is 8.71. The molecular weight excluding hydrogens is 374 g/mol. The monoisotopic (exact) mass is 393 g/mol. The van der Waals surface area contributed by atoms with Gasteiger partial charge in [0.2, 0.25) is 5.95 Å². The lowest BCUT2D eigenvalue weighted by Gasteiger charge is -2.11. The molecule has 2 N–H and O–H groups in total. The summed E-state index contributed by atoms with van der Waals surface area (Å²) in [6.07, 6.45) is 0. The fraction of sp³-hybridized carbons (Fsp3) is 0.143. The normalized spacial score (nSPS) is 11.0. The van der Waals surface area contributed by atoms with E-state index < -0.39 is 0 Å². The summed E-state index contributed by atoms with van der Waals surface area (Å²) in [5.74, 6) is 1.46. The lowest BCUT2D eigenvalue weighted by molar-refractivity contribution is 0.311. The summed E-state index contributed by atoms with van der Waals surface area (Å²) < 4.78 is 1.08. The van der Waals surface area contributed by atoms with Gasteiger partial charge in [0.15, 0.2) is 0 Å². The van der Waals surface area contributed by atoms with E-state index in [1.54, 1.807) is 11.3 Å². The molecule has 0 unspecified atom stereocenters. The number of hydrogen-bond acceptors (Lipinski definition) is 6. The zero-order chi connectivity index (χ0) is 18.5. The Bertz CT molecular complexity index is 1030. The van der Waals surface area contributed by atoms with E-state index in [1.807, 2.05) is 35.3 Å². The van der Waals surface area contributed by atoms with Gasteiger partial charge in [0, 0.05) is 22.8 Å². The molecule has 0 bridgehead atoms. The van der Waals surface area contributed by atoms with Gasteiger partial charge in [-0.3, -0.25) is 0 Å². The average molecular weight is 394 g/mol. The Morgan fingerprint density at radius 2 is 1.78 bits per heavy atom. The third-order valence-electron chi connectivity index (χ3n) is 4.08. The number of nitrogens with zero attached hydrogens (tertiary/aromatic N) is 2. The maximum absolute atomic E-state index is 9.09. The summed E-state index contributed by atoms with van der Waals surface area (Å²) in [4.78, 5) is 10.5. The van der Waals surface area contributed by atoms with Crippen molar-refractivity contribution in [1.82, 2.24) is 9.97 Å². The molecule has 0 saturated heterocycles. The predicted molar refractivity (Wildman–Crippen MR) is 114 cm³/mol. The molecule has 0 saturated carbocycles. The molecule has 0 amide bonds. The minimum Gasteiger partial charge on any atom is -0.395 e. The van der Waals surface area contributed by atoms with E-state index in [0.717, 1.165) is 27.2 Å². The number of hydrogen-bond donors (Lipinski definition) is 2. The number of rotatable bonds is 7. The van der Waals surface area contributed by atoms with Gasteiger partial charge in [0.05, 0.1) is 22.5 Å². The quantitative estimate of drug-likeness (QED) is 0.430. The number of aromatic nitrogens is 2. The van der Waals surface area contributed by atoms with Crippen molar-refractivity contribution in [2.45, 2.75) is 10.6 Å². The van der Waals surface area contributed by atoms with Crippen LogP contribution in [0.25, 0.3) is 21.5 Å². The topological polar surface area (TPSA) is 58.0 Å². The van der Waals surface area contributed by atoms with Crippen LogP contribution in [0.3, 0.4) is 0 Å². The number of anilines is 1. The highest BCUT2D eigenvalue weighted by Crippen LogP contribution is 2.37. The van der Waals surface area contributed by atoms with E-state index in [2.05, 4.69) is 52.8 Å². The number of aliphatic hydroxyl groups is 1. The molecule has 0 spiro atoms. The van der Waals surface area contributed by atoms with E-state index in [-0.39, 0.29) is 6.61 Å². The van der Waals surface area contributed by atoms with E-state index in [4.69, 9.17) is 10.1 Å². The summed E-state index contributed by atoms with van der Waals surface area (Å²) in [7, 11) is 0. The number of aliphatic hydroxyl groups excluding tert-OH is 1. The summed E-state index contributed by atoms with van der Waals surface area (Å²) >= 11 is 3.47. The van der Waals surface area contributed by atoms with Gasteiger partial charge < -0.3 is 10.4 Å². The highest BCUT2D eigenvalue weighted by molar-refractivity contribution is 7.98. The summed E-state index contributed by atoms with van der Waals surface area (Å²) in [6, 6.07) is 20.9. The Kier molecular flexibility index (Phi) is 5.67. The van der Waals surface area contributed by atoms with Crippen LogP contribution < -0.4 is 5.32 Å². The van der Waals surface area contributed by atoms with Crippen molar-refractivity contribution in [3.63, 3.8) is 0 Å². The maximum Gasteiger partial charge on any atom is 0.223 e. The van der Waals surface area contributed by atoms with E-state index in [0.29, 0.717) is 12.5 Å². The average Bonchev–Trinajstić information content (AvgIpc) is 3.20. The van der Waals surface area contributed by atoms with Crippen LogP contribution >= 0.6 is 23.1 Å². The minimum absolute atomic E-state index is 0.0455. The van der Waals surface area contributed by atoms with Crippen molar-refractivity contribution in [2.75, 3.05) is 18.5 Å². The molecular formula is C21H19N3OS2. The molecule has 6 heteroatoms. The first kappa shape index (κ1) is 18.0. The highest BCUT2D eigenvalue weighted by atomic mass is 32.2. The second kappa shape index (κ2) is 8.52. The minimum atomic E-state index is 0.0455. The second-order valence-electron chi connectivity index (χ2n) is 5.95. The molecule has 0 radical (unpaired) electrons. The van der Waals surface area contributed by atoms with E-state index in [1.165, 1.54) is 10.5 Å². The van der Waals surface area contributed by atoms with Gasteiger partial charge in [-0.2, -0.15) is 0 Å².